The van der Waals surface area contributed by atoms with Crippen molar-refractivity contribution in [3.05, 3.63) is 34.5 Å². The SMILES string of the molecule is CC(O/N=[N+](\[O-])N(C)CC(=O)O)OC(=O)C1=Cc2cc(S(F)(F)(F)(F)F)ccc2O[C@@H]1C(F)(F)F. The number of carbonyl (C=O) groups excluding carboxylic acids is 1. The molecule has 0 amide bonds. The maximum Gasteiger partial charge on any atom is 0.430 e. The highest BCUT2D eigenvalue weighted by molar-refractivity contribution is 8.45. The topological polar surface area (TPSA) is 124 Å². The van der Waals surface area contributed by atoms with E-state index in [0.29, 0.717) is 5.01 Å². The number of likely N-dealkylation sites (N-methyl/N-ethyl adjacent to an activating group) is 1. The molecule has 1 aliphatic heterocycles. The molecule has 35 heavy (non-hydrogen) atoms. The molecule has 0 saturated heterocycles. The van der Waals surface area contributed by atoms with E-state index in [1.54, 1.807) is 0 Å². The van der Waals surface area contributed by atoms with Crippen LogP contribution in [0, 0.1) is 5.21 Å². The number of hydrogen-bond acceptors (Lipinski definition) is 7. The monoisotopic (exact) mass is 545 g/mol. The Hall–Kier alpha value is -3.51. The highest BCUT2D eigenvalue weighted by Crippen LogP contribution is 3.02. The molecule has 0 spiro atoms. The molecule has 19 heteroatoms. The van der Waals surface area contributed by atoms with Gasteiger partial charge in [-0.15, -0.1) is 5.01 Å². The van der Waals surface area contributed by atoms with Gasteiger partial charge in [0.05, 0.1) is 17.6 Å². The van der Waals surface area contributed by atoms with E-state index in [9.17, 15) is 47.4 Å². The minimum atomic E-state index is -10.2. The number of esters is 1. The fourth-order valence-corrected chi connectivity index (χ4v) is 3.17. The van der Waals surface area contributed by atoms with Crippen LogP contribution in [-0.4, -0.2) is 59.2 Å². The smallest absolute Gasteiger partial charge is 0.430 e. The molecule has 2 atom stereocenters. The molecular formula is C16H15F8N3O7S. The summed E-state index contributed by atoms with van der Waals surface area (Å²) in [6.07, 6.45) is -9.97. The van der Waals surface area contributed by atoms with Gasteiger partial charge in [-0.2, -0.15) is 13.2 Å². The number of aliphatic carboxylic acids is 1. The van der Waals surface area contributed by atoms with Crippen LogP contribution in [0.3, 0.4) is 0 Å². The number of rotatable bonds is 8. The van der Waals surface area contributed by atoms with E-state index in [0.717, 1.165) is 14.0 Å². The van der Waals surface area contributed by atoms with Gasteiger partial charge < -0.3 is 19.8 Å². The average Bonchev–Trinajstić information content (AvgIpc) is 2.67. The zero-order chi connectivity index (χ0) is 27.0. The fourth-order valence-electron chi connectivity index (χ4n) is 2.49. The summed E-state index contributed by atoms with van der Waals surface area (Å²) in [4.78, 5) is 24.4. The number of carboxylic acid groups (broad SMARTS) is 1. The Morgan fingerprint density at radius 1 is 1.29 bits per heavy atom. The Morgan fingerprint density at radius 3 is 2.40 bits per heavy atom. The van der Waals surface area contributed by atoms with E-state index < -0.39 is 74.0 Å². The van der Waals surface area contributed by atoms with E-state index in [-0.39, 0.29) is 24.3 Å². The predicted molar refractivity (Wildman–Crippen MR) is 99.2 cm³/mol. The molecule has 0 fully saturated rings. The first kappa shape index (κ1) is 27.7. The number of halogens is 8. The third kappa shape index (κ3) is 7.23. The van der Waals surface area contributed by atoms with Crippen LogP contribution >= 0.6 is 10.2 Å². The third-order valence-corrected chi connectivity index (χ3v) is 5.14. The van der Waals surface area contributed by atoms with Crippen molar-refractivity contribution < 1.29 is 66.6 Å². The summed E-state index contributed by atoms with van der Waals surface area (Å²) in [6, 6.07) is -0.0843. The second kappa shape index (κ2) is 8.31. The van der Waals surface area contributed by atoms with Gasteiger partial charge in [0.15, 0.2) is 6.54 Å². The number of hydrogen-bond donors (Lipinski definition) is 1. The van der Waals surface area contributed by atoms with Crippen molar-refractivity contribution in [1.29, 1.82) is 0 Å². The maximum absolute atomic E-state index is 13.4. The van der Waals surface area contributed by atoms with Gasteiger partial charge in [-0.25, -0.2) is 4.79 Å². The lowest BCUT2D eigenvalue weighted by Crippen LogP contribution is -2.41. The van der Waals surface area contributed by atoms with E-state index in [2.05, 4.69) is 19.6 Å². The van der Waals surface area contributed by atoms with Crippen LogP contribution < -0.4 is 4.74 Å². The third-order valence-electron chi connectivity index (χ3n) is 3.99. The quantitative estimate of drug-likeness (QED) is 0.124. The first-order valence-corrected chi connectivity index (χ1v) is 10.8. The van der Waals surface area contributed by atoms with Crippen molar-refractivity contribution in [1.82, 2.24) is 5.01 Å². The van der Waals surface area contributed by atoms with Crippen LogP contribution in [-0.2, 0) is 19.2 Å². The summed E-state index contributed by atoms with van der Waals surface area (Å²) >= 11 is 0. The van der Waals surface area contributed by atoms with Gasteiger partial charge in [0.2, 0.25) is 11.4 Å². The van der Waals surface area contributed by atoms with Gasteiger partial charge in [0.1, 0.15) is 10.6 Å². The van der Waals surface area contributed by atoms with E-state index in [4.69, 9.17) is 5.11 Å². The van der Waals surface area contributed by atoms with Gasteiger partial charge in [-0.1, -0.05) is 19.4 Å². The van der Waals surface area contributed by atoms with Crippen molar-refractivity contribution in [2.45, 2.75) is 30.4 Å². The molecule has 0 bridgehead atoms. The Balaban J connectivity index is 2.33. The molecule has 1 aromatic carbocycles. The number of ether oxygens (including phenoxy) is 2. The van der Waals surface area contributed by atoms with E-state index >= 15 is 0 Å². The molecule has 1 unspecified atom stereocenters. The van der Waals surface area contributed by atoms with Crippen LogP contribution in [0.2, 0.25) is 0 Å². The second-order valence-corrected chi connectivity index (χ2v) is 9.34. The van der Waals surface area contributed by atoms with Crippen LogP contribution in [0.1, 0.15) is 12.5 Å². The van der Waals surface area contributed by atoms with Crippen molar-refractivity contribution in [2.24, 2.45) is 5.28 Å². The molecule has 1 aliphatic rings. The molecule has 0 aliphatic carbocycles. The van der Waals surface area contributed by atoms with Crippen molar-refractivity contribution >= 4 is 28.2 Å². The zero-order valence-electron chi connectivity index (χ0n) is 17.3. The summed E-state index contributed by atoms with van der Waals surface area (Å²) in [7, 11) is -9.24. The number of alkyl halides is 3. The van der Waals surface area contributed by atoms with Crippen molar-refractivity contribution in [3.63, 3.8) is 0 Å². The largest absolute Gasteiger partial charge is 0.569 e. The van der Waals surface area contributed by atoms with Crippen molar-refractivity contribution in [2.75, 3.05) is 13.6 Å². The lowest BCUT2D eigenvalue weighted by Gasteiger charge is -2.41. The van der Waals surface area contributed by atoms with Gasteiger partial charge in [-0.3, -0.25) is 9.63 Å². The number of carbonyl (C=O) groups is 2. The van der Waals surface area contributed by atoms with E-state index in [1.807, 2.05) is 0 Å². The van der Waals surface area contributed by atoms with Crippen LogP contribution in [0.25, 0.3) is 6.08 Å². The number of fused-ring (bicyclic) bond motifs is 1. The summed E-state index contributed by atoms with van der Waals surface area (Å²) in [6.45, 7) is 0.0435. The number of benzene rings is 1. The summed E-state index contributed by atoms with van der Waals surface area (Å²) in [5.41, 5.74) is -2.33. The predicted octanol–water partition coefficient (Wildman–Crippen LogP) is 4.77. The lowest BCUT2D eigenvalue weighted by atomic mass is 10.0. The van der Waals surface area contributed by atoms with Gasteiger partial charge >= 0.3 is 28.3 Å². The maximum atomic E-state index is 13.4. The Labute approximate surface area is 190 Å². The molecular weight excluding hydrogens is 530 g/mol. The average molecular weight is 545 g/mol. The molecule has 10 nitrogen and oxygen atoms in total. The first-order chi connectivity index (χ1) is 15.6. The van der Waals surface area contributed by atoms with Gasteiger partial charge in [-0.05, 0) is 24.3 Å². The molecule has 1 N–H and O–H groups in total. The Bertz CT molecular complexity index is 1090. The summed E-state index contributed by atoms with van der Waals surface area (Å²) < 4.78 is 115. The molecule has 1 heterocycles. The standard InChI is InChI=1S/C16H15F8N3O7S/c1-8(34-25-27(31)26(2)7-13(28)29)32-15(30)11-6-9-5-10(35(20,21,22,23)24)3-4-12(9)33-14(11)16(17,18)19/h3-6,8,14H,7H2,1-2H3,(H,28,29)/b27-25-/t8?,14-/m0/s1. The summed E-state index contributed by atoms with van der Waals surface area (Å²) in [5.74, 6) is -4.15. The normalized spacial score (nSPS) is 19.2. The van der Waals surface area contributed by atoms with Gasteiger partial charge in [0, 0.05) is 12.5 Å². The number of nitrogens with zero attached hydrogens (tertiary/aromatic N) is 3. The molecule has 1 aromatic rings. The molecule has 198 valence electrons. The zero-order valence-corrected chi connectivity index (χ0v) is 18.2. The van der Waals surface area contributed by atoms with E-state index in [1.165, 1.54) is 0 Å². The highest BCUT2D eigenvalue weighted by Gasteiger charge is 2.65. The van der Waals surface area contributed by atoms with Crippen LogP contribution in [0.15, 0.2) is 33.9 Å². The van der Waals surface area contributed by atoms with Crippen molar-refractivity contribution in [3.8, 4) is 5.75 Å². The number of carboxylic acids is 1. The molecule has 0 aromatic heterocycles. The molecule has 0 radical (unpaired) electrons. The number of hydrazine groups is 1. The van der Waals surface area contributed by atoms with Crippen LogP contribution in [0.4, 0.5) is 32.6 Å². The Kier molecular flexibility index (Phi) is 6.58. The minimum Gasteiger partial charge on any atom is -0.569 e. The fraction of sp³-hybridized carbons (Fsp3) is 0.375. The highest BCUT2D eigenvalue weighted by atomic mass is 32.5. The first-order valence-electron chi connectivity index (χ1n) is 8.89. The molecule has 2 rings (SSSR count). The lowest BCUT2D eigenvalue weighted by molar-refractivity contribution is -0.705. The second-order valence-electron chi connectivity index (χ2n) is 6.93. The molecule has 0 saturated carbocycles. The minimum absolute atomic E-state index is 0.154. The van der Waals surface area contributed by atoms with Crippen LogP contribution in [0.5, 0.6) is 5.75 Å². The Morgan fingerprint density at radius 2 is 1.89 bits per heavy atom. The van der Waals surface area contributed by atoms with Gasteiger partial charge in [0.25, 0.3) is 6.29 Å². The summed E-state index contributed by atoms with van der Waals surface area (Å²) in [5, 5.41) is 23.3.